The molecule has 0 aliphatic heterocycles. The molecule has 1 heterocycles. The van der Waals surface area contributed by atoms with Crippen molar-refractivity contribution in [2.45, 2.75) is 33.2 Å². The van der Waals surface area contributed by atoms with E-state index in [1.807, 2.05) is 6.92 Å². The molecule has 0 fully saturated rings. The molecule has 1 aromatic heterocycles. The third-order valence-corrected chi connectivity index (χ3v) is 2.73. The highest BCUT2D eigenvalue weighted by atomic mass is 16.4. The van der Waals surface area contributed by atoms with E-state index in [4.69, 9.17) is 9.52 Å². The van der Waals surface area contributed by atoms with Crippen LogP contribution in [0.15, 0.2) is 10.8 Å². The number of aromatic nitrogens is 1. The zero-order valence-corrected chi connectivity index (χ0v) is 10.1. The van der Waals surface area contributed by atoms with Crippen molar-refractivity contribution in [3.63, 3.8) is 0 Å². The summed E-state index contributed by atoms with van der Waals surface area (Å²) in [6, 6.07) is -0.913. The van der Waals surface area contributed by atoms with E-state index in [9.17, 15) is 9.59 Å². The fraction of sp³-hybridized carbons (Fsp3) is 0.545. The molecule has 6 heteroatoms. The predicted octanol–water partition coefficient (Wildman–Crippen LogP) is 1.21. The van der Waals surface area contributed by atoms with Gasteiger partial charge in [0.25, 0.3) is 5.91 Å². The Hall–Kier alpha value is -1.85. The summed E-state index contributed by atoms with van der Waals surface area (Å²) in [6.45, 7) is 5.24. The van der Waals surface area contributed by atoms with Crippen molar-refractivity contribution in [2.75, 3.05) is 0 Å². The van der Waals surface area contributed by atoms with Gasteiger partial charge in [-0.3, -0.25) is 4.79 Å². The quantitative estimate of drug-likeness (QED) is 0.807. The van der Waals surface area contributed by atoms with E-state index in [1.54, 1.807) is 13.8 Å². The number of rotatable bonds is 5. The molecule has 1 rings (SSSR count). The van der Waals surface area contributed by atoms with E-state index >= 15 is 0 Å². The van der Waals surface area contributed by atoms with Crippen LogP contribution in [0.4, 0.5) is 0 Å². The zero-order chi connectivity index (χ0) is 13.0. The van der Waals surface area contributed by atoms with Crippen LogP contribution in [0, 0.1) is 12.8 Å². The Morgan fingerprint density at radius 3 is 2.65 bits per heavy atom. The first-order valence-corrected chi connectivity index (χ1v) is 5.41. The first-order valence-electron chi connectivity index (χ1n) is 5.41. The standard InChI is InChI=1S/C11H16N2O4/c1-4-6(2)8(11(15)16)13-10(14)9-7(3)17-5-12-9/h5-6,8H,4H2,1-3H3,(H,13,14)(H,15,16). The number of hydrogen-bond donors (Lipinski definition) is 2. The summed E-state index contributed by atoms with van der Waals surface area (Å²) in [5.41, 5.74) is 0.125. The Morgan fingerprint density at radius 1 is 1.59 bits per heavy atom. The Labute approximate surface area is 99.0 Å². The van der Waals surface area contributed by atoms with E-state index in [2.05, 4.69) is 10.3 Å². The molecule has 0 spiro atoms. The van der Waals surface area contributed by atoms with Gasteiger partial charge in [-0.25, -0.2) is 9.78 Å². The summed E-state index contributed by atoms with van der Waals surface area (Å²) in [4.78, 5) is 26.5. The highest BCUT2D eigenvalue weighted by Gasteiger charge is 2.27. The number of aliphatic carboxylic acids is 1. The smallest absolute Gasteiger partial charge is 0.326 e. The molecule has 0 saturated carbocycles. The Balaban J connectivity index is 2.78. The number of carboxylic acids is 1. The van der Waals surface area contributed by atoms with Gasteiger partial charge in [0.15, 0.2) is 12.1 Å². The number of carboxylic acid groups (broad SMARTS) is 1. The first-order chi connectivity index (χ1) is 7.97. The van der Waals surface area contributed by atoms with Crippen LogP contribution in [-0.2, 0) is 4.79 Å². The second kappa shape index (κ2) is 5.47. The molecule has 17 heavy (non-hydrogen) atoms. The number of hydrogen-bond acceptors (Lipinski definition) is 4. The van der Waals surface area contributed by atoms with Gasteiger partial charge in [0.2, 0.25) is 0 Å². The van der Waals surface area contributed by atoms with E-state index in [0.717, 1.165) is 6.39 Å². The Bertz CT molecular complexity index is 413. The zero-order valence-electron chi connectivity index (χ0n) is 10.1. The third-order valence-electron chi connectivity index (χ3n) is 2.73. The highest BCUT2D eigenvalue weighted by molar-refractivity contribution is 5.95. The normalized spacial score (nSPS) is 14.1. The molecule has 1 amide bonds. The lowest BCUT2D eigenvalue weighted by molar-refractivity contribution is -0.140. The molecule has 0 bridgehead atoms. The molecule has 1 aromatic rings. The fourth-order valence-corrected chi connectivity index (χ4v) is 1.42. The highest BCUT2D eigenvalue weighted by Crippen LogP contribution is 2.10. The van der Waals surface area contributed by atoms with Crippen molar-refractivity contribution in [1.29, 1.82) is 0 Å². The Morgan fingerprint density at radius 2 is 2.24 bits per heavy atom. The number of amides is 1. The summed E-state index contributed by atoms with van der Waals surface area (Å²) in [6.07, 6.45) is 1.82. The second-order valence-corrected chi connectivity index (χ2v) is 3.93. The van der Waals surface area contributed by atoms with Gasteiger partial charge in [0.05, 0.1) is 0 Å². The molecule has 0 aliphatic rings. The first kappa shape index (κ1) is 13.2. The van der Waals surface area contributed by atoms with Crippen LogP contribution in [0.5, 0.6) is 0 Å². The molecule has 2 N–H and O–H groups in total. The number of aryl methyl sites for hydroxylation is 1. The lowest BCUT2D eigenvalue weighted by atomic mass is 9.99. The molecule has 0 radical (unpaired) electrons. The van der Waals surface area contributed by atoms with E-state index < -0.39 is 17.9 Å². The lowest BCUT2D eigenvalue weighted by Crippen LogP contribution is -2.45. The minimum atomic E-state index is -1.05. The molecular weight excluding hydrogens is 224 g/mol. The van der Waals surface area contributed by atoms with E-state index in [1.165, 1.54) is 0 Å². The molecule has 6 nitrogen and oxygen atoms in total. The molecule has 2 unspecified atom stereocenters. The van der Waals surface area contributed by atoms with Gasteiger partial charge < -0.3 is 14.8 Å². The van der Waals surface area contributed by atoms with Crippen LogP contribution in [-0.4, -0.2) is 28.0 Å². The number of carbonyl (C=O) groups is 2. The van der Waals surface area contributed by atoms with Crippen LogP contribution in [0.25, 0.3) is 0 Å². The maximum atomic E-state index is 11.8. The fourth-order valence-electron chi connectivity index (χ4n) is 1.42. The van der Waals surface area contributed by atoms with Crippen molar-refractivity contribution in [3.8, 4) is 0 Å². The number of nitrogens with zero attached hydrogens (tertiary/aromatic N) is 1. The largest absolute Gasteiger partial charge is 0.480 e. The van der Waals surface area contributed by atoms with Crippen molar-refractivity contribution in [3.05, 3.63) is 17.8 Å². The summed E-state index contributed by atoms with van der Waals surface area (Å²) in [5.74, 6) is -1.35. The lowest BCUT2D eigenvalue weighted by Gasteiger charge is -2.19. The summed E-state index contributed by atoms with van der Waals surface area (Å²) in [5, 5.41) is 11.5. The molecule has 2 atom stereocenters. The van der Waals surface area contributed by atoms with E-state index in [-0.39, 0.29) is 11.6 Å². The van der Waals surface area contributed by atoms with Crippen molar-refractivity contribution >= 4 is 11.9 Å². The van der Waals surface area contributed by atoms with Gasteiger partial charge in [-0.1, -0.05) is 20.3 Å². The van der Waals surface area contributed by atoms with Gasteiger partial charge >= 0.3 is 5.97 Å². The van der Waals surface area contributed by atoms with Crippen LogP contribution in [0.3, 0.4) is 0 Å². The SMILES string of the molecule is CCC(C)C(NC(=O)c1ncoc1C)C(=O)O. The monoisotopic (exact) mass is 240 g/mol. The van der Waals surface area contributed by atoms with Gasteiger partial charge in [-0.15, -0.1) is 0 Å². The summed E-state index contributed by atoms with van der Waals surface area (Å²) in [7, 11) is 0. The molecule has 0 aromatic carbocycles. The van der Waals surface area contributed by atoms with Gasteiger partial charge in [-0.05, 0) is 12.8 Å². The Kier molecular flexibility index (Phi) is 4.25. The topological polar surface area (TPSA) is 92.4 Å². The second-order valence-electron chi connectivity index (χ2n) is 3.93. The molecular formula is C11H16N2O4. The van der Waals surface area contributed by atoms with E-state index in [0.29, 0.717) is 12.2 Å². The average molecular weight is 240 g/mol. The maximum absolute atomic E-state index is 11.8. The number of oxazole rings is 1. The van der Waals surface area contributed by atoms with Crippen LogP contribution < -0.4 is 5.32 Å². The average Bonchev–Trinajstić information content (AvgIpc) is 2.70. The van der Waals surface area contributed by atoms with Crippen molar-refractivity contribution in [2.24, 2.45) is 5.92 Å². The summed E-state index contributed by atoms with van der Waals surface area (Å²) >= 11 is 0. The minimum absolute atomic E-state index is 0.125. The third kappa shape index (κ3) is 3.05. The van der Waals surface area contributed by atoms with Crippen LogP contribution >= 0.6 is 0 Å². The number of carbonyl (C=O) groups excluding carboxylic acids is 1. The van der Waals surface area contributed by atoms with Gasteiger partial charge in [-0.2, -0.15) is 0 Å². The van der Waals surface area contributed by atoms with Crippen molar-refractivity contribution < 1.29 is 19.1 Å². The van der Waals surface area contributed by atoms with Crippen molar-refractivity contribution in [1.82, 2.24) is 10.3 Å². The van der Waals surface area contributed by atoms with Crippen LogP contribution in [0.1, 0.15) is 36.5 Å². The molecule has 0 saturated heterocycles. The number of nitrogens with one attached hydrogen (secondary N) is 1. The minimum Gasteiger partial charge on any atom is -0.480 e. The predicted molar refractivity (Wildman–Crippen MR) is 59.6 cm³/mol. The van der Waals surface area contributed by atoms with Crippen LogP contribution in [0.2, 0.25) is 0 Å². The molecule has 94 valence electrons. The summed E-state index contributed by atoms with van der Waals surface area (Å²) < 4.78 is 4.90. The molecule has 0 aliphatic carbocycles. The van der Waals surface area contributed by atoms with Gasteiger partial charge in [0, 0.05) is 0 Å². The maximum Gasteiger partial charge on any atom is 0.326 e. The van der Waals surface area contributed by atoms with Gasteiger partial charge in [0.1, 0.15) is 11.8 Å².